The second kappa shape index (κ2) is 4.79. The lowest BCUT2D eigenvalue weighted by Gasteiger charge is -2.20. The van der Waals surface area contributed by atoms with Crippen LogP contribution in [0.5, 0.6) is 0 Å². The Morgan fingerprint density at radius 2 is 2.40 bits per heavy atom. The molecule has 2 aliphatic rings. The number of carbonyl (C=O) groups excluding carboxylic acids is 1. The zero-order chi connectivity index (χ0) is 10.7. The van der Waals surface area contributed by atoms with Crippen molar-refractivity contribution < 1.29 is 4.79 Å². The van der Waals surface area contributed by atoms with E-state index in [1.54, 1.807) is 0 Å². The van der Waals surface area contributed by atoms with Gasteiger partial charge in [0.15, 0.2) is 0 Å². The molecule has 2 atom stereocenters. The Morgan fingerprint density at radius 3 is 3.00 bits per heavy atom. The Kier molecular flexibility index (Phi) is 3.41. The Balaban J connectivity index is 1.70. The van der Waals surface area contributed by atoms with Gasteiger partial charge in [0.25, 0.3) is 0 Å². The van der Waals surface area contributed by atoms with Gasteiger partial charge >= 0.3 is 0 Å². The van der Waals surface area contributed by atoms with Crippen LogP contribution in [0, 0.1) is 5.92 Å². The lowest BCUT2D eigenvalue weighted by molar-refractivity contribution is -0.126. The first-order valence-corrected chi connectivity index (χ1v) is 5.88. The molecule has 84 valence electrons. The van der Waals surface area contributed by atoms with Crippen molar-refractivity contribution in [1.82, 2.24) is 10.2 Å². The predicted octanol–water partition coefficient (Wildman–Crippen LogP) is 1.16. The lowest BCUT2D eigenvalue weighted by Crippen LogP contribution is -2.35. The van der Waals surface area contributed by atoms with Crippen LogP contribution in [0.1, 0.15) is 25.7 Å². The molecule has 0 aromatic heterocycles. The van der Waals surface area contributed by atoms with E-state index in [1.165, 1.54) is 19.3 Å². The van der Waals surface area contributed by atoms with Crippen molar-refractivity contribution in [1.29, 1.82) is 0 Å². The van der Waals surface area contributed by atoms with Gasteiger partial charge in [0, 0.05) is 26.1 Å². The van der Waals surface area contributed by atoms with Crippen LogP contribution < -0.4 is 5.32 Å². The second-order valence-electron chi connectivity index (χ2n) is 4.73. The van der Waals surface area contributed by atoms with E-state index in [4.69, 9.17) is 0 Å². The molecule has 0 aromatic rings. The fourth-order valence-electron chi connectivity index (χ4n) is 2.38. The minimum atomic E-state index is 0.274. The maximum atomic E-state index is 11.3. The average molecular weight is 208 g/mol. The van der Waals surface area contributed by atoms with E-state index in [-0.39, 0.29) is 5.91 Å². The average Bonchev–Trinajstić information content (AvgIpc) is 2.57. The molecule has 3 nitrogen and oxygen atoms in total. The first-order valence-electron chi connectivity index (χ1n) is 5.88. The van der Waals surface area contributed by atoms with Crippen LogP contribution in [0.4, 0.5) is 0 Å². The standard InChI is InChI=1S/C12H20N2O/c1-14-9-11(7-12(14)15)13-8-10-5-3-2-4-6-10/h2-3,10-11,13H,4-9H2,1H3. The summed E-state index contributed by atoms with van der Waals surface area (Å²) in [5.74, 6) is 1.05. The van der Waals surface area contributed by atoms with E-state index in [0.29, 0.717) is 12.5 Å². The van der Waals surface area contributed by atoms with Gasteiger partial charge in [0.05, 0.1) is 0 Å². The van der Waals surface area contributed by atoms with Crippen LogP contribution in [0.25, 0.3) is 0 Å². The predicted molar refractivity (Wildman–Crippen MR) is 60.5 cm³/mol. The van der Waals surface area contributed by atoms with Gasteiger partial charge in [-0.05, 0) is 31.7 Å². The Labute approximate surface area is 91.5 Å². The summed E-state index contributed by atoms with van der Waals surface area (Å²) in [5, 5.41) is 3.52. The molecule has 0 aromatic carbocycles. The van der Waals surface area contributed by atoms with Crippen LogP contribution in [0.15, 0.2) is 12.2 Å². The highest BCUT2D eigenvalue weighted by molar-refractivity contribution is 5.78. The summed E-state index contributed by atoms with van der Waals surface area (Å²) in [5.41, 5.74) is 0. The summed E-state index contributed by atoms with van der Waals surface area (Å²) < 4.78 is 0. The quantitative estimate of drug-likeness (QED) is 0.706. The van der Waals surface area contributed by atoms with Crippen molar-refractivity contribution in [3.05, 3.63) is 12.2 Å². The maximum Gasteiger partial charge on any atom is 0.224 e. The van der Waals surface area contributed by atoms with Gasteiger partial charge in [-0.15, -0.1) is 0 Å². The van der Waals surface area contributed by atoms with Crippen LogP contribution in [-0.4, -0.2) is 37.0 Å². The molecule has 2 rings (SSSR count). The summed E-state index contributed by atoms with van der Waals surface area (Å²) in [4.78, 5) is 13.1. The highest BCUT2D eigenvalue weighted by atomic mass is 16.2. The minimum absolute atomic E-state index is 0.274. The normalized spacial score (nSPS) is 31.3. The number of allylic oxidation sites excluding steroid dienone is 2. The van der Waals surface area contributed by atoms with E-state index in [2.05, 4.69) is 17.5 Å². The first kappa shape index (κ1) is 10.7. The Hall–Kier alpha value is -0.830. The molecule has 1 heterocycles. The monoisotopic (exact) mass is 208 g/mol. The molecule has 0 saturated carbocycles. The van der Waals surface area contributed by atoms with E-state index in [0.717, 1.165) is 19.0 Å². The van der Waals surface area contributed by atoms with Gasteiger partial charge in [-0.3, -0.25) is 4.79 Å². The van der Waals surface area contributed by atoms with Crippen LogP contribution in [-0.2, 0) is 4.79 Å². The molecule has 1 aliphatic carbocycles. The van der Waals surface area contributed by atoms with E-state index in [1.807, 2.05) is 11.9 Å². The van der Waals surface area contributed by atoms with Gasteiger partial charge in [-0.25, -0.2) is 0 Å². The van der Waals surface area contributed by atoms with Crippen LogP contribution >= 0.6 is 0 Å². The van der Waals surface area contributed by atoms with Crippen molar-refractivity contribution in [3.8, 4) is 0 Å². The number of nitrogens with zero attached hydrogens (tertiary/aromatic N) is 1. The Bertz CT molecular complexity index is 262. The van der Waals surface area contributed by atoms with Crippen molar-refractivity contribution in [2.45, 2.75) is 31.7 Å². The molecule has 15 heavy (non-hydrogen) atoms. The number of hydrogen-bond donors (Lipinski definition) is 1. The molecule has 1 amide bonds. The summed E-state index contributed by atoms with van der Waals surface area (Å²) >= 11 is 0. The molecular formula is C12H20N2O. The number of hydrogen-bond acceptors (Lipinski definition) is 2. The smallest absolute Gasteiger partial charge is 0.224 e. The second-order valence-corrected chi connectivity index (χ2v) is 4.73. The van der Waals surface area contributed by atoms with Crippen molar-refractivity contribution >= 4 is 5.91 Å². The molecule has 0 radical (unpaired) electrons. The fraction of sp³-hybridized carbons (Fsp3) is 0.750. The fourth-order valence-corrected chi connectivity index (χ4v) is 2.38. The number of likely N-dealkylation sites (N-methyl/N-ethyl adjacent to an activating group) is 1. The highest BCUT2D eigenvalue weighted by Gasteiger charge is 2.26. The number of amides is 1. The van der Waals surface area contributed by atoms with Gasteiger partial charge in [-0.1, -0.05) is 12.2 Å². The Morgan fingerprint density at radius 1 is 1.53 bits per heavy atom. The SMILES string of the molecule is CN1CC(NCC2CC=CCC2)CC1=O. The minimum Gasteiger partial charge on any atom is -0.344 e. The van der Waals surface area contributed by atoms with Crippen molar-refractivity contribution in [2.75, 3.05) is 20.1 Å². The zero-order valence-corrected chi connectivity index (χ0v) is 9.41. The first-order chi connectivity index (χ1) is 7.25. The number of rotatable bonds is 3. The van der Waals surface area contributed by atoms with Crippen molar-refractivity contribution in [2.24, 2.45) is 5.92 Å². The van der Waals surface area contributed by atoms with E-state index >= 15 is 0 Å². The lowest BCUT2D eigenvalue weighted by atomic mass is 9.94. The summed E-state index contributed by atoms with van der Waals surface area (Å²) in [7, 11) is 1.88. The molecule has 1 aliphatic heterocycles. The van der Waals surface area contributed by atoms with Gasteiger partial charge in [0.1, 0.15) is 0 Å². The van der Waals surface area contributed by atoms with Crippen LogP contribution in [0.2, 0.25) is 0 Å². The maximum absolute atomic E-state index is 11.3. The molecule has 1 fully saturated rings. The third kappa shape index (κ3) is 2.81. The van der Waals surface area contributed by atoms with Gasteiger partial charge in [-0.2, -0.15) is 0 Å². The molecule has 0 bridgehead atoms. The molecule has 2 unspecified atom stereocenters. The number of likely N-dealkylation sites (tertiary alicyclic amines) is 1. The summed E-state index contributed by atoms with van der Waals surface area (Å²) in [6.07, 6.45) is 8.93. The molecule has 3 heteroatoms. The van der Waals surface area contributed by atoms with Gasteiger partial charge in [0.2, 0.25) is 5.91 Å². The molecule has 0 spiro atoms. The summed E-state index contributed by atoms with van der Waals surface area (Å²) in [6.45, 7) is 1.94. The molecule has 1 saturated heterocycles. The third-order valence-corrected chi connectivity index (χ3v) is 3.41. The van der Waals surface area contributed by atoms with Crippen LogP contribution in [0.3, 0.4) is 0 Å². The molecule has 1 N–H and O–H groups in total. The number of carbonyl (C=O) groups is 1. The highest BCUT2D eigenvalue weighted by Crippen LogP contribution is 2.18. The topological polar surface area (TPSA) is 32.3 Å². The van der Waals surface area contributed by atoms with E-state index in [9.17, 15) is 4.79 Å². The largest absolute Gasteiger partial charge is 0.344 e. The zero-order valence-electron chi connectivity index (χ0n) is 9.41. The van der Waals surface area contributed by atoms with Gasteiger partial charge < -0.3 is 10.2 Å². The molecular weight excluding hydrogens is 188 g/mol. The summed E-state index contributed by atoms with van der Waals surface area (Å²) in [6, 6.07) is 0.383. The third-order valence-electron chi connectivity index (χ3n) is 3.41. The van der Waals surface area contributed by atoms with E-state index < -0.39 is 0 Å². The number of nitrogens with one attached hydrogen (secondary N) is 1. The van der Waals surface area contributed by atoms with Crippen molar-refractivity contribution in [3.63, 3.8) is 0 Å².